The van der Waals surface area contributed by atoms with Crippen molar-refractivity contribution < 1.29 is 17.9 Å². The molecule has 3 rings (SSSR count). The van der Waals surface area contributed by atoms with Gasteiger partial charge < -0.3 is 9.64 Å². The van der Waals surface area contributed by atoms with E-state index in [0.29, 0.717) is 25.7 Å². The third-order valence-corrected chi connectivity index (χ3v) is 7.56. The second-order valence-corrected chi connectivity index (χ2v) is 9.41. The first kappa shape index (κ1) is 18.8. The Bertz CT molecular complexity index is 676. The number of carbonyl (C=O) groups excluding carboxylic acids is 1. The highest BCUT2D eigenvalue weighted by atomic mass is 32.2. The molecule has 1 amide bonds. The highest BCUT2D eigenvalue weighted by molar-refractivity contribution is 7.91. The zero-order valence-electron chi connectivity index (χ0n) is 14.4. The Morgan fingerprint density at radius 1 is 1.40 bits per heavy atom. The van der Waals surface area contributed by atoms with Gasteiger partial charge in [0.05, 0.1) is 25.8 Å². The number of piperazine rings is 1. The Hall–Kier alpha value is -1.00. The molecule has 1 aromatic rings. The van der Waals surface area contributed by atoms with Gasteiger partial charge in [-0.3, -0.25) is 9.69 Å². The molecule has 7 nitrogen and oxygen atoms in total. The van der Waals surface area contributed by atoms with Crippen LogP contribution in [0.4, 0.5) is 0 Å². The van der Waals surface area contributed by atoms with Crippen LogP contribution < -0.4 is 4.72 Å². The molecule has 25 heavy (non-hydrogen) atoms. The summed E-state index contributed by atoms with van der Waals surface area (Å²) in [7, 11) is -3.60. The second-order valence-electron chi connectivity index (χ2n) is 6.47. The molecule has 3 heterocycles. The number of ether oxygens (including phenoxy) is 1. The Morgan fingerprint density at radius 2 is 2.24 bits per heavy atom. The van der Waals surface area contributed by atoms with E-state index in [4.69, 9.17) is 4.74 Å². The fourth-order valence-corrected chi connectivity index (χ4v) is 5.51. The summed E-state index contributed by atoms with van der Waals surface area (Å²) >= 11 is 1.14. The lowest BCUT2D eigenvalue weighted by molar-refractivity contribution is -0.138. The summed E-state index contributed by atoms with van der Waals surface area (Å²) in [6.45, 7) is 5.41. The number of nitrogens with one attached hydrogen (secondary N) is 1. The van der Waals surface area contributed by atoms with Crippen LogP contribution in [0, 0.1) is 0 Å². The molecule has 0 radical (unpaired) electrons. The number of hydrogen-bond donors (Lipinski definition) is 1. The molecule has 2 fully saturated rings. The first-order chi connectivity index (χ1) is 12.0. The van der Waals surface area contributed by atoms with Crippen molar-refractivity contribution >= 4 is 27.3 Å². The summed E-state index contributed by atoms with van der Waals surface area (Å²) in [6.07, 6.45) is 2.22. The lowest BCUT2D eigenvalue weighted by Gasteiger charge is -2.48. The van der Waals surface area contributed by atoms with Gasteiger partial charge in [-0.25, -0.2) is 13.1 Å². The van der Waals surface area contributed by atoms with Crippen molar-refractivity contribution in [2.45, 2.75) is 36.1 Å². The van der Waals surface area contributed by atoms with Crippen molar-refractivity contribution in [3.8, 4) is 0 Å². The molecule has 0 saturated carbocycles. The molecule has 0 bridgehead atoms. The average molecular weight is 388 g/mol. The average Bonchev–Trinajstić information content (AvgIpc) is 3.15. The van der Waals surface area contributed by atoms with Gasteiger partial charge in [0.15, 0.2) is 0 Å². The molecule has 9 heteroatoms. The molecule has 2 aliphatic rings. The molecule has 0 aromatic carbocycles. The summed E-state index contributed by atoms with van der Waals surface area (Å²) in [6, 6.07) is 3.84. The molecule has 1 aromatic heterocycles. The van der Waals surface area contributed by atoms with E-state index < -0.39 is 10.0 Å². The van der Waals surface area contributed by atoms with Crippen molar-refractivity contribution in [1.29, 1.82) is 0 Å². The van der Waals surface area contributed by atoms with Crippen molar-refractivity contribution in [2.24, 2.45) is 0 Å². The Morgan fingerprint density at radius 3 is 2.96 bits per heavy atom. The van der Waals surface area contributed by atoms with Crippen molar-refractivity contribution in [3.05, 3.63) is 17.5 Å². The Labute approximate surface area is 153 Å². The number of amides is 1. The van der Waals surface area contributed by atoms with E-state index >= 15 is 0 Å². The van der Waals surface area contributed by atoms with Crippen LogP contribution >= 0.6 is 11.3 Å². The Kier molecular flexibility index (Phi) is 6.11. The fraction of sp³-hybridized carbons (Fsp3) is 0.688. The zero-order chi connectivity index (χ0) is 17.9. The van der Waals surface area contributed by atoms with Crippen LogP contribution in [0.3, 0.4) is 0 Å². The maximum atomic E-state index is 12.4. The number of thiophene rings is 1. The monoisotopic (exact) mass is 387 g/mol. The highest BCUT2D eigenvalue weighted by Gasteiger charge is 2.36. The minimum Gasteiger partial charge on any atom is -0.378 e. The van der Waals surface area contributed by atoms with E-state index in [-0.39, 0.29) is 22.7 Å². The Balaban J connectivity index is 1.54. The SMILES string of the molecule is CCC[C@H]1COC[C@H]2CN(C(=O)CNS(=O)(=O)c3cccs3)CCN12. The molecular weight excluding hydrogens is 362 g/mol. The standard InChI is InChI=1S/C16H25N3O4S2/c1-2-4-13-11-23-12-14-10-18(6-7-19(13)14)15(20)9-17-25(21,22)16-5-3-8-24-16/h3,5,8,13-14,17H,2,4,6-7,9-12H2,1H3/t13-,14+/m0/s1. The summed E-state index contributed by atoms with van der Waals surface area (Å²) in [5.41, 5.74) is 0. The number of sulfonamides is 1. The summed E-state index contributed by atoms with van der Waals surface area (Å²) in [5.74, 6) is -0.183. The third-order valence-electron chi connectivity index (χ3n) is 4.77. The molecule has 2 saturated heterocycles. The van der Waals surface area contributed by atoms with Crippen LogP contribution in [0.5, 0.6) is 0 Å². The van der Waals surface area contributed by atoms with Gasteiger partial charge in [-0.1, -0.05) is 19.4 Å². The number of morpholine rings is 1. The minimum atomic E-state index is -3.60. The molecular formula is C16H25N3O4S2. The summed E-state index contributed by atoms with van der Waals surface area (Å²) in [5, 5.41) is 1.70. The van der Waals surface area contributed by atoms with Crippen LogP contribution in [0.2, 0.25) is 0 Å². The quantitative estimate of drug-likeness (QED) is 0.779. The molecule has 0 aliphatic carbocycles. The van der Waals surface area contributed by atoms with Crippen LogP contribution in [-0.4, -0.2) is 75.6 Å². The van der Waals surface area contributed by atoms with E-state index in [2.05, 4.69) is 16.5 Å². The molecule has 0 unspecified atom stereocenters. The van der Waals surface area contributed by atoms with Crippen LogP contribution in [0.25, 0.3) is 0 Å². The van der Waals surface area contributed by atoms with E-state index in [1.54, 1.807) is 16.3 Å². The smallest absolute Gasteiger partial charge is 0.250 e. The molecule has 1 N–H and O–H groups in total. The maximum absolute atomic E-state index is 12.4. The predicted octanol–water partition coefficient (Wildman–Crippen LogP) is 0.738. The van der Waals surface area contributed by atoms with Crippen LogP contribution in [0.1, 0.15) is 19.8 Å². The predicted molar refractivity (Wildman–Crippen MR) is 96.1 cm³/mol. The second kappa shape index (κ2) is 8.13. The van der Waals surface area contributed by atoms with E-state index in [1.807, 2.05) is 0 Å². The minimum absolute atomic E-state index is 0.183. The first-order valence-electron chi connectivity index (χ1n) is 8.65. The fourth-order valence-electron chi connectivity index (χ4n) is 3.50. The van der Waals surface area contributed by atoms with Gasteiger partial charge in [0.2, 0.25) is 5.91 Å². The van der Waals surface area contributed by atoms with Gasteiger partial charge in [0.25, 0.3) is 10.0 Å². The first-order valence-corrected chi connectivity index (χ1v) is 11.0. The van der Waals surface area contributed by atoms with Gasteiger partial charge in [-0.2, -0.15) is 0 Å². The van der Waals surface area contributed by atoms with Gasteiger partial charge in [-0.15, -0.1) is 11.3 Å². The van der Waals surface area contributed by atoms with E-state index in [1.165, 1.54) is 6.07 Å². The van der Waals surface area contributed by atoms with Crippen molar-refractivity contribution in [2.75, 3.05) is 39.4 Å². The molecule has 2 aliphatic heterocycles. The lowest BCUT2D eigenvalue weighted by Crippen LogP contribution is -2.63. The third kappa shape index (κ3) is 4.40. The van der Waals surface area contributed by atoms with Crippen LogP contribution in [0.15, 0.2) is 21.7 Å². The van der Waals surface area contributed by atoms with Crippen LogP contribution in [-0.2, 0) is 19.6 Å². The number of carbonyl (C=O) groups is 1. The largest absolute Gasteiger partial charge is 0.378 e. The highest BCUT2D eigenvalue weighted by Crippen LogP contribution is 2.21. The molecule has 2 atom stereocenters. The van der Waals surface area contributed by atoms with Crippen molar-refractivity contribution in [3.63, 3.8) is 0 Å². The number of hydrogen-bond acceptors (Lipinski definition) is 6. The van der Waals surface area contributed by atoms with E-state index in [9.17, 15) is 13.2 Å². The number of fused-ring (bicyclic) bond motifs is 1. The van der Waals surface area contributed by atoms with Gasteiger partial charge in [0, 0.05) is 25.7 Å². The van der Waals surface area contributed by atoms with Gasteiger partial charge in [-0.05, 0) is 17.9 Å². The lowest BCUT2D eigenvalue weighted by atomic mass is 10.0. The number of nitrogens with zero attached hydrogens (tertiary/aromatic N) is 2. The summed E-state index contributed by atoms with van der Waals surface area (Å²) < 4.78 is 32.6. The topological polar surface area (TPSA) is 79.0 Å². The zero-order valence-corrected chi connectivity index (χ0v) is 16.0. The van der Waals surface area contributed by atoms with Crippen molar-refractivity contribution in [1.82, 2.24) is 14.5 Å². The normalized spacial score (nSPS) is 24.9. The van der Waals surface area contributed by atoms with E-state index in [0.717, 1.165) is 37.3 Å². The maximum Gasteiger partial charge on any atom is 0.250 e. The van der Waals surface area contributed by atoms with Gasteiger partial charge in [0.1, 0.15) is 4.21 Å². The summed E-state index contributed by atoms with van der Waals surface area (Å²) in [4.78, 5) is 16.6. The number of rotatable bonds is 6. The molecule has 140 valence electrons. The molecule has 0 spiro atoms. The van der Waals surface area contributed by atoms with Gasteiger partial charge >= 0.3 is 0 Å².